The molecule has 0 amide bonds. The minimum absolute atomic E-state index is 0.134. The standard InChI is InChI=1S/C16H18N2O3S/c19-22(20,16-9-4-10-17-12-16)18-11-5-6-14(18)13-21-15-7-2-1-3-8-15/h1-4,7-10,12,14H,5-6,11,13H2/t14-/m0/s1. The van der Waals surface area contributed by atoms with E-state index in [1.165, 1.54) is 10.5 Å². The number of para-hydroxylation sites is 1. The van der Waals surface area contributed by atoms with Gasteiger partial charge in [0.15, 0.2) is 0 Å². The Bertz CT molecular complexity index is 705. The van der Waals surface area contributed by atoms with Crippen LogP contribution in [-0.2, 0) is 10.0 Å². The lowest BCUT2D eigenvalue weighted by atomic mass is 10.2. The molecule has 2 aromatic rings. The average Bonchev–Trinajstić information content (AvgIpc) is 3.04. The first-order valence-corrected chi connectivity index (χ1v) is 8.71. The maximum atomic E-state index is 12.7. The third-order valence-electron chi connectivity index (χ3n) is 3.75. The quantitative estimate of drug-likeness (QED) is 0.849. The van der Waals surface area contributed by atoms with Gasteiger partial charge >= 0.3 is 0 Å². The van der Waals surface area contributed by atoms with Crippen molar-refractivity contribution >= 4 is 10.0 Å². The molecule has 1 saturated heterocycles. The molecule has 1 aromatic heterocycles. The lowest BCUT2D eigenvalue weighted by Gasteiger charge is -2.24. The molecule has 2 heterocycles. The molecule has 0 aliphatic carbocycles. The van der Waals surface area contributed by atoms with E-state index in [2.05, 4.69) is 4.98 Å². The number of aromatic nitrogens is 1. The summed E-state index contributed by atoms with van der Waals surface area (Å²) in [4.78, 5) is 4.14. The van der Waals surface area contributed by atoms with E-state index in [0.717, 1.165) is 18.6 Å². The first-order chi connectivity index (χ1) is 10.7. The predicted molar refractivity (Wildman–Crippen MR) is 83.1 cm³/mol. The molecule has 1 atom stereocenters. The van der Waals surface area contributed by atoms with Crippen molar-refractivity contribution in [3.63, 3.8) is 0 Å². The summed E-state index contributed by atoms with van der Waals surface area (Å²) in [5.74, 6) is 0.758. The van der Waals surface area contributed by atoms with Crippen LogP contribution in [0.5, 0.6) is 5.75 Å². The highest BCUT2D eigenvalue weighted by Crippen LogP contribution is 2.26. The summed E-state index contributed by atoms with van der Waals surface area (Å²) in [5, 5.41) is 0. The SMILES string of the molecule is O=S(=O)(c1cccnc1)N1CCC[C@H]1COc1ccccc1. The predicted octanol–water partition coefficient (Wildman–Crippen LogP) is 2.31. The Morgan fingerprint density at radius 1 is 1.18 bits per heavy atom. The van der Waals surface area contributed by atoms with Crippen LogP contribution in [0.25, 0.3) is 0 Å². The topological polar surface area (TPSA) is 59.5 Å². The van der Waals surface area contributed by atoms with Crippen molar-refractivity contribution in [1.82, 2.24) is 9.29 Å². The molecule has 0 bridgehead atoms. The van der Waals surface area contributed by atoms with Gasteiger partial charge in [-0.25, -0.2) is 8.42 Å². The van der Waals surface area contributed by atoms with Gasteiger partial charge < -0.3 is 4.74 Å². The van der Waals surface area contributed by atoms with Gasteiger partial charge in [-0.1, -0.05) is 18.2 Å². The number of hydrogen-bond acceptors (Lipinski definition) is 4. The molecule has 0 radical (unpaired) electrons. The lowest BCUT2D eigenvalue weighted by molar-refractivity contribution is 0.232. The van der Waals surface area contributed by atoms with E-state index < -0.39 is 10.0 Å². The summed E-state index contributed by atoms with van der Waals surface area (Å²) in [6, 6.07) is 12.5. The lowest BCUT2D eigenvalue weighted by Crippen LogP contribution is -2.39. The highest BCUT2D eigenvalue weighted by molar-refractivity contribution is 7.89. The van der Waals surface area contributed by atoms with Crippen molar-refractivity contribution in [1.29, 1.82) is 0 Å². The number of benzene rings is 1. The van der Waals surface area contributed by atoms with E-state index in [1.54, 1.807) is 18.3 Å². The minimum Gasteiger partial charge on any atom is -0.492 e. The molecule has 5 nitrogen and oxygen atoms in total. The number of hydrogen-bond donors (Lipinski definition) is 0. The first-order valence-electron chi connectivity index (χ1n) is 7.27. The number of rotatable bonds is 5. The maximum Gasteiger partial charge on any atom is 0.244 e. The van der Waals surface area contributed by atoms with E-state index in [0.29, 0.717) is 13.2 Å². The molecule has 0 spiro atoms. The van der Waals surface area contributed by atoms with Crippen LogP contribution in [0.1, 0.15) is 12.8 Å². The van der Waals surface area contributed by atoms with Crippen LogP contribution in [0.15, 0.2) is 59.8 Å². The van der Waals surface area contributed by atoms with Crippen molar-refractivity contribution in [2.24, 2.45) is 0 Å². The van der Waals surface area contributed by atoms with Gasteiger partial charge in [-0.15, -0.1) is 0 Å². The van der Waals surface area contributed by atoms with Crippen LogP contribution in [0.4, 0.5) is 0 Å². The normalized spacial score (nSPS) is 19.2. The second kappa shape index (κ2) is 6.46. The Hall–Kier alpha value is -1.92. The molecule has 1 aliphatic heterocycles. The van der Waals surface area contributed by atoms with Crippen LogP contribution < -0.4 is 4.74 Å². The van der Waals surface area contributed by atoms with Gasteiger partial charge in [-0.2, -0.15) is 4.31 Å². The average molecular weight is 318 g/mol. The van der Waals surface area contributed by atoms with Crippen molar-refractivity contribution < 1.29 is 13.2 Å². The molecule has 116 valence electrons. The van der Waals surface area contributed by atoms with E-state index in [9.17, 15) is 8.42 Å². The fourth-order valence-corrected chi connectivity index (χ4v) is 4.28. The largest absolute Gasteiger partial charge is 0.492 e. The fraction of sp³-hybridized carbons (Fsp3) is 0.312. The van der Waals surface area contributed by atoms with Gasteiger partial charge in [0.05, 0.1) is 6.04 Å². The summed E-state index contributed by atoms with van der Waals surface area (Å²) in [6.45, 7) is 0.892. The fourth-order valence-electron chi connectivity index (χ4n) is 2.64. The summed E-state index contributed by atoms with van der Waals surface area (Å²) in [5.41, 5.74) is 0. The molecule has 6 heteroatoms. The van der Waals surface area contributed by atoms with Crippen molar-refractivity contribution in [2.45, 2.75) is 23.8 Å². The zero-order chi connectivity index (χ0) is 15.4. The minimum atomic E-state index is -3.50. The Labute approximate surface area is 130 Å². The Morgan fingerprint density at radius 3 is 2.73 bits per heavy atom. The summed E-state index contributed by atoms with van der Waals surface area (Å²) in [6.07, 6.45) is 4.62. The number of pyridine rings is 1. The van der Waals surface area contributed by atoms with Crippen LogP contribution >= 0.6 is 0 Å². The molecule has 1 aliphatic rings. The molecule has 22 heavy (non-hydrogen) atoms. The molecule has 3 rings (SSSR count). The third-order valence-corrected chi connectivity index (χ3v) is 5.69. The van der Waals surface area contributed by atoms with Crippen LogP contribution in [0.2, 0.25) is 0 Å². The second-order valence-electron chi connectivity index (χ2n) is 5.22. The van der Waals surface area contributed by atoms with Crippen LogP contribution in [0, 0.1) is 0 Å². The van der Waals surface area contributed by atoms with Crippen molar-refractivity contribution in [3.8, 4) is 5.75 Å². The Kier molecular flexibility index (Phi) is 4.40. The molecular formula is C16H18N2O3S. The van der Waals surface area contributed by atoms with Gasteiger partial charge in [-0.05, 0) is 37.1 Å². The van der Waals surface area contributed by atoms with Gasteiger partial charge in [0.1, 0.15) is 17.3 Å². The summed E-state index contributed by atoms with van der Waals surface area (Å²) in [7, 11) is -3.50. The van der Waals surface area contributed by atoms with Crippen molar-refractivity contribution in [2.75, 3.05) is 13.2 Å². The number of sulfonamides is 1. The van der Waals surface area contributed by atoms with Crippen molar-refractivity contribution in [3.05, 3.63) is 54.9 Å². The van der Waals surface area contributed by atoms with Gasteiger partial charge in [0, 0.05) is 18.9 Å². The van der Waals surface area contributed by atoms with E-state index in [1.807, 2.05) is 30.3 Å². The highest BCUT2D eigenvalue weighted by atomic mass is 32.2. The van der Waals surface area contributed by atoms with Gasteiger partial charge in [0.2, 0.25) is 10.0 Å². The third kappa shape index (κ3) is 3.13. The van der Waals surface area contributed by atoms with E-state index in [4.69, 9.17) is 4.74 Å². The zero-order valence-electron chi connectivity index (χ0n) is 12.1. The van der Waals surface area contributed by atoms with Crippen LogP contribution in [-0.4, -0.2) is 36.9 Å². The molecule has 0 saturated carbocycles. The molecular weight excluding hydrogens is 300 g/mol. The molecule has 1 aromatic carbocycles. The van der Waals surface area contributed by atoms with E-state index in [-0.39, 0.29) is 10.9 Å². The summed E-state index contributed by atoms with van der Waals surface area (Å²) < 4.78 is 32.6. The van der Waals surface area contributed by atoms with Gasteiger partial charge in [-0.3, -0.25) is 4.98 Å². The van der Waals surface area contributed by atoms with Crippen LogP contribution in [0.3, 0.4) is 0 Å². The molecule has 0 N–H and O–H groups in total. The van der Waals surface area contributed by atoms with E-state index >= 15 is 0 Å². The summed E-state index contributed by atoms with van der Waals surface area (Å²) >= 11 is 0. The smallest absolute Gasteiger partial charge is 0.244 e. The maximum absolute atomic E-state index is 12.7. The molecule has 1 fully saturated rings. The van der Waals surface area contributed by atoms with Gasteiger partial charge in [0.25, 0.3) is 0 Å². The molecule has 0 unspecified atom stereocenters. The number of ether oxygens (including phenoxy) is 1. The number of nitrogens with zero attached hydrogens (tertiary/aromatic N) is 2. The first kappa shape index (κ1) is 15.0. The monoisotopic (exact) mass is 318 g/mol. The second-order valence-corrected chi connectivity index (χ2v) is 7.12. The highest BCUT2D eigenvalue weighted by Gasteiger charge is 2.35. The zero-order valence-corrected chi connectivity index (χ0v) is 12.9. The Morgan fingerprint density at radius 2 is 2.00 bits per heavy atom. The Balaban J connectivity index is 1.73.